The summed E-state index contributed by atoms with van der Waals surface area (Å²) in [6.45, 7) is 1.90. The van der Waals surface area contributed by atoms with Crippen molar-refractivity contribution in [2.45, 2.75) is 77.3 Å². The van der Waals surface area contributed by atoms with E-state index in [1.807, 2.05) is 0 Å². The summed E-state index contributed by atoms with van der Waals surface area (Å²) in [6.07, 6.45) is -9.14. The Morgan fingerprint density at radius 1 is 0.818 bits per heavy atom. The number of aromatic nitrogens is 4. The summed E-state index contributed by atoms with van der Waals surface area (Å²) in [6, 6.07) is 0. The number of phosphoric ester groups is 4. The van der Waals surface area contributed by atoms with Gasteiger partial charge in [-0.25, -0.2) is 33.2 Å². The van der Waals surface area contributed by atoms with Gasteiger partial charge in [0.25, 0.3) is 0 Å². The zero-order valence-electron chi connectivity index (χ0n) is 35.3. The molecule has 2 aromatic rings. The Balaban J connectivity index is 1.39. The highest BCUT2D eigenvalue weighted by molar-refractivity contribution is 8.13. The number of nitrogens with two attached hydrogens (primary N) is 1. The fourth-order valence-corrected chi connectivity index (χ4v) is 9.44. The van der Waals surface area contributed by atoms with E-state index in [2.05, 4.69) is 44.3 Å². The maximum absolute atomic E-state index is 12.7. The highest BCUT2D eigenvalue weighted by Gasteiger charge is 2.50. The predicted molar refractivity (Wildman–Crippen MR) is 223 cm³/mol. The molecule has 1 fully saturated rings. The maximum Gasteiger partial charge on any atom is 0.481 e. The molecule has 0 bridgehead atoms. The summed E-state index contributed by atoms with van der Waals surface area (Å²) < 4.78 is 77.4. The third kappa shape index (κ3) is 18.2. The van der Waals surface area contributed by atoms with Crippen molar-refractivity contribution in [2.75, 3.05) is 50.9 Å². The number of hydrogen-bond acceptors (Lipinski definition) is 22. The summed E-state index contributed by atoms with van der Waals surface area (Å²) in [4.78, 5) is 118. The molecule has 8 atom stereocenters. The van der Waals surface area contributed by atoms with E-state index >= 15 is 0 Å². The third-order valence-electron chi connectivity index (χ3n) is 8.99. The average molecular weight is 1050 g/mol. The first kappa shape index (κ1) is 57.4. The smallest absolute Gasteiger partial charge is 0.386 e. The Hall–Kier alpha value is -2.90. The van der Waals surface area contributed by atoms with E-state index in [1.165, 1.54) is 27.7 Å². The van der Waals surface area contributed by atoms with Crippen molar-refractivity contribution >= 4 is 82.9 Å². The largest absolute Gasteiger partial charge is 0.481 e. The van der Waals surface area contributed by atoms with Crippen molar-refractivity contribution in [1.29, 1.82) is 0 Å². The maximum atomic E-state index is 12.7. The second kappa shape index (κ2) is 23.6. The van der Waals surface area contributed by atoms with Crippen molar-refractivity contribution in [3.63, 3.8) is 0 Å². The van der Waals surface area contributed by atoms with Gasteiger partial charge in [-0.15, -0.1) is 0 Å². The lowest BCUT2D eigenvalue weighted by Gasteiger charge is -2.30. The number of nitrogen functional groups attached to an aromatic ring is 1. The lowest BCUT2D eigenvalue weighted by molar-refractivity contribution is -0.137. The number of aliphatic hydroxyl groups excluding tert-OH is 3. The molecule has 66 heavy (non-hydrogen) atoms. The average Bonchev–Trinajstić information content (AvgIpc) is 3.76. The molecular formula is C30H52N8O23P4S. The highest BCUT2D eigenvalue weighted by Crippen LogP contribution is 2.61. The van der Waals surface area contributed by atoms with Crippen LogP contribution in [0.4, 0.5) is 5.82 Å². The molecule has 0 aliphatic carbocycles. The molecule has 14 N–H and O–H groups in total. The number of ether oxygens (including phenoxy) is 1. The Bertz CT molecular complexity index is 2230. The molecule has 2 aromatic heterocycles. The van der Waals surface area contributed by atoms with Gasteiger partial charge < -0.3 is 71.1 Å². The molecule has 36 heteroatoms. The second-order valence-electron chi connectivity index (χ2n) is 15.5. The van der Waals surface area contributed by atoms with Crippen LogP contribution in [0.2, 0.25) is 0 Å². The molecule has 3 heterocycles. The van der Waals surface area contributed by atoms with Gasteiger partial charge in [0.1, 0.15) is 42.4 Å². The monoisotopic (exact) mass is 1050 g/mol. The summed E-state index contributed by atoms with van der Waals surface area (Å²) in [7, 11) is -21.4. The van der Waals surface area contributed by atoms with Crippen LogP contribution in [0.5, 0.6) is 0 Å². The standard InChI is InChI=1S/C30H52N8O23P4S/c1-29(2,12-57-62(46,47)48)22(42)27(45)34-8-6-18(40)66-10-9-32-17(39)5-7-33-26(44)23(43)30(3,4)13-58-65(54,55)61-64(52,53)56-11-16-21(60-63(49,50)51)20(41)28(59-16)38-15-37-19-24(31)35-14-36-25(19)38/h14-16,20-23,28,41-43H,5-13H2,1-4H3,(H,32,39)(H,33,44)(H,34,45)(H,52,53)(H,54,55)(H2,31,35,36)(H2,46,47,48)(H2,49,50,51). The number of hydrogen-bond donors (Lipinski definition) is 13. The van der Waals surface area contributed by atoms with Gasteiger partial charge >= 0.3 is 31.3 Å². The Kier molecular flexibility index (Phi) is 20.5. The van der Waals surface area contributed by atoms with Crippen LogP contribution in [-0.2, 0) is 64.6 Å². The van der Waals surface area contributed by atoms with E-state index in [0.29, 0.717) is 0 Å². The van der Waals surface area contributed by atoms with E-state index in [1.54, 1.807) is 0 Å². The first-order valence-corrected chi connectivity index (χ1v) is 26.0. The van der Waals surface area contributed by atoms with Crippen molar-refractivity contribution in [3.8, 4) is 0 Å². The quantitative estimate of drug-likeness (QED) is 0.0330. The Morgan fingerprint density at radius 3 is 1.95 bits per heavy atom. The SMILES string of the molecule is CC(C)(COP(=O)(O)O)C(O)C(=O)NCCC(=O)SCCNC(=O)CCNC(=O)C(O)C(C)(C)COP(=O)(O)OP(=O)(O)OCC1OC(n2cnc3c(N)ncnc32)C(O)C1OP(=O)(O)O. The third-order valence-corrected chi connectivity index (χ3v) is 13.5. The zero-order valence-corrected chi connectivity index (χ0v) is 39.7. The molecule has 31 nitrogen and oxygen atoms in total. The summed E-state index contributed by atoms with van der Waals surface area (Å²) >= 11 is 0.826. The minimum absolute atomic E-state index is 0.00696. The van der Waals surface area contributed by atoms with E-state index in [0.717, 1.165) is 29.0 Å². The molecular weight excluding hydrogens is 996 g/mol. The zero-order chi connectivity index (χ0) is 50.1. The van der Waals surface area contributed by atoms with E-state index in [9.17, 15) is 72.3 Å². The van der Waals surface area contributed by atoms with Crippen LogP contribution in [0, 0.1) is 10.8 Å². The van der Waals surface area contributed by atoms with Crippen molar-refractivity contribution < 1.29 is 109 Å². The summed E-state index contributed by atoms with van der Waals surface area (Å²) in [5.74, 6) is -2.45. The van der Waals surface area contributed by atoms with Crippen LogP contribution in [-0.4, -0.2) is 163 Å². The number of fused-ring (bicyclic) bond motifs is 1. The number of rotatable bonds is 27. The van der Waals surface area contributed by atoms with E-state index in [-0.39, 0.29) is 60.3 Å². The number of anilines is 1. The molecule has 3 amide bonds. The van der Waals surface area contributed by atoms with Crippen molar-refractivity contribution in [1.82, 2.24) is 35.5 Å². The number of imidazole rings is 1. The minimum atomic E-state index is -5.62. The van der Waals surface area contributed by atoms with Gasteiger partial charge in [-0.2, -0.15) is 4.31 Å². The molecule has 1 aliphatic rings. The lowest BCUT2D eigenvalue weighted by Crippen LogP contribution is -2.46. The fraction of sp³-hybridized carbons (Fsp3) is 0.700. The number of aliphatic hydroxyl groups is 3. The van der Waals surface area contributed by atoms with Gasteiger partial charge in [0.15, 0.2) is 22.8 Å². The topological polar surface area (TPSA) is 480 Å². The molecule has 8 unspecified atom stereocenters. The molecule has 0 radical (unpaired) electrons. The predicted octanol–water partition coefficient (Wildman–Crippen LogP) is -2.33. The molecule has 0 saturated carbocycles. The number of carbonyl (C=O) groups excluding carboxylic acids is 4. The number of thioether (sulfide) groups is 1. The van der Waals surface area contributed by atoms with E-state index in [4.69, 9.17) is 29.3 Å². The van der Waals surface area contributed by atoms with Crippen LogP contribution >= 0.6 is 43.1 Å². The molecule has 376 valence electrons. The number of nitrogens with zero attached hydrogens (tertiary/aromatic N) is 4. The Morgan fingerprint density at radius 2 is 1.38 bits per heavy atom. The van der Waals surface area contributed by atoms with Gasteiger partial charge in [-0.05, 0) is 0 Å². The lowest BCUT2D eigenvalue weighted by atomic mass is 9.87. The van der Waals surface area contributed by atoms with Crippen LogP contribution in [0.1, 0.15) is 46.8 Å². The fourth-order valence-electron chi connectivity index (χ4n) is 5.44. The molecule has 0 spiro atoms. The number of phosphoric acid groups is 4. The number of amides is 3. The number of nitrogens with one attached hydrogen (secondary N) is 3. The Labute approximate surface area is 378 Å². The van der Waals surface area contributed by atoms with Crippen molar-refractivity contribution in [3.05, 3.63) is 12.7 Å². The summed E-state index contributed by atoms with van der Waals surface area (Å²) in [5, 5.41) is 38.4. The van der Waals surface area contributed by atoms with Crippen LogP contribution in [0.15, 0.2) is 12.7 Å². The van der Waals surface area contributed by atoms with Gasteiger partial charge in [-0.3, -0.25) is 41.8 Å². The highest BCUT2D eigenvalue weighted by atomic mass is 32.2. The van der Waals surface area contributed by atoms with Crippen LogP contribution in [0.25, 0.3) is 11.2 Å². The minimum Gasteiger partial charge on any atom is -0.386 e. The van der Waals surface area contributed by atoms with Crippen LogP contribution in [0.3, 0.4) is 0 Å². The van der Waals surface area contributed by atoms with Gasteiger partial charge in [-0.1, -0.05) is 39.5 Å². The summed E-state index contributed by atoms with van der Waals surface area (Å²) in [5.41, 5.74) is 2.77. The second-order valence-corrected chi connectivity index (χ2v) is 22.1. The van der Waals surface area contributed by atoms with Gasteiger partial charge in [0.2, 0.25) is 17.7 Å². The van der Waals surface area contributed by atoms with Crippen molar-refractivity contribution in [2.24, 2.45) is 10.8 Å². The normalized spacial score (nSPS) is 21.1. The molecule has 0 aromatic carbocycles. The molecule has 3 rings (SSSR count). The first-order chi connectivity index (χ1) is 30.2. The number of carbonyl (C=O) groups is 4. The molecule has 1 saturated heterocycles. The first-order valence-electron chi connectivity index (χ1n) is 18.9. The molecule has 1 aliphatic heterocycles. The van der Waals surface area contributed by atoms with Gasteiger partial charge in [0.05, 0.1) is 26.1 Å². The van der Waals surface area contributed by atoms with Gasteiger partial charge in [0, 0.05) is 49.1 Å². The van der Waals surface area contributed by atoms with Crippen LogP contribution < -0.4 is 21.7 Å². The van der Waals surface area contributed by atoms with E-state index < -0.39 is 116 Å².